The molecule has 0 unspecified atom stereocenters. The quantitative estimate of drug-likeness (QED) is 0.664. The van der Waals surface area contributed by atoms with Gasteiger partial charge in [-0.3, -0.25) is 4.79 Å². The molecule has 0 N–H and O–H groups in total. The highest BCUT2D eigenvalue weighted by molar-refractivity contribution is 6.68. The number of halogens is 3. The van der Waals surface area contributed by atoms with Crippen LogP contribution in [-0.4, -0.2) is 5.24 Å². The Morgan fingerprint density at radius 3 is 2.33 bits per heavy atom. The fourth-order valence-corrected chi connectivity index (χ4v) is 1.48. The standard InChI is InChI=1S/C8H5Cl3O/c1-4-2-5(8(11)12)7(10)3-6(4)9/h2-3H,1H3. The largest absolute Gasteiger partial charge is 0.276 e. The number of carbonyl (C=O) groups is 1. The van der Waals surface area contributed by atoms with Crippen molar-refractivity contribution >= 4 is 40.0 Å². The van der Waals surface area contributed by atoms with Crippen LogP contribution in [0.1, 0.15) is 15.9 Å². The highest BCUT2D eigenvalue weighted by Crippen LogP contribution is 2.25. The number of hydrogen-bond donors (Lipinski definition) is 0. The van der Waals surface area contributed by atoms with E-state index in [0.717, 1.165) is 5.56 Å². The number of benzene rings is 1. The molecule has 0 amide bonds. The summed E-state index contributed by atoms with van der Waals surface area (Å²) in [6.45, 7) is 1.78. The molecule has 0 aliphatic carbocycles. The van der Waals surface area contributed by atoms with Crippen LogP contribution in [0.3, 0.4) is 0 Å². The van der Waals surface area contributed by atoms with Gasteiger partial charge in [-0.25, -0.2) is 0 Å². The van der Waals surface area contributed by atoms with Gasteiger partial charge in [-0.1, -0.05) is 23.2 Å². The first-order chi connectivity index (χ1) is 5.52. The van der Waals surface area contributed by atoms with E-state index >= 15 is 0 Å². The van der Waals surface area contributed by atoms with Crippen LogP contribution in [0.15, 0.2) is 12.1 Å². The lowest BCUT2D eigenvalue weighted by molar-refractivity contribution is 0.108. The summed E-state index contributed by atoms with van der Waals surface area (Å²) in [7, 11) is 0. The fraction of sp³-hybridized carbons (Fsp3) is 0.125. The molecular formula is C8H5Cl3O. The van der Waals surface area contributed by atoms with Crippen LogP contribution >= 0.6 is 34.8 Å². The van der Waals surface area contributed by atoms with Gasteiger partial charge in [0.2, 0.25) is 0 Å². The van der Waals surface area contributed by atoms with Crippen LogP contribution in [0.4, 0.5) is 0 Å². The molecule has 0 atom stereocenters. The summed E-state index contributed by atoms with van der Waals surface area (Å²) < 4.78 is 0. The van der Waals surface area contributed by atoms with Crippen molar-refractivity contribution in [2.24, 2.45) is 0 Å². The van der Waals surface area contributed by atoms with Crippen LogP contribution in [-0.2, 0) is 0 Å². The molecule has 0 fully saturated rings. The van der Waals surface area contributed by atoms with Gasteiger partial charge in [0.05, 0.1) is 10.6 Å². The number of aryl methyl sites for hydroxylation is 1. The van der Waals surface area contributed by atoms with Crippen molar-refractivity contribution in [3.63, 3.8) is 0 Å². The van der Waals surface area contributed by atoms with E-state index in [4.69, 9.17) is 34.8 Å². The van der Waals surface area contributed by atoms with Crippen molar-refractivity contribution in [1.82, 2.24) is 0 Å². The minimum Gasteiger partial charge on any atom is -0.276 e. The zero-order valence-electron chi connectivity index (χ0n) is 6.20. The topological polar surface area (TPSA) is 17.1 Å². The fourth-order valence-electron chi connectivity index (χ4n) is 0.808. The minimum absolute atomic E-state index is 0.283. The van der Waals surface area contributed by atoms with Gasteiger partial charge in [0.15, 0.2) is 0 Å². The summed E-state index contributed by atoms with van der Waals surface area (Å²) in [4.78, 5) is 10.8. The second kappa shape index (κ2) is 3.65. The Balaban J connectivity index is 3.33. The highest BCUT2D eigenvalue weighted by atomic mass is 35.5. The van der Waals surface area contributed by atoms with Gasteiger partial charge in [0, 0.05) is 5.02 Å². The molecule has 0 radical (unpaired) electrons. The monoisotopic (exact) mass is 222 g/mol. The van der Waals surface area contributed by atoms with Gasteiger partial charge in [0.1, 0.15) is 0 Å². The Labute approximate surface area is 85.2 Å². The zero-order chi connectivity index (χ0) is 9.30. The van der Waals surface area contributed by atoms with Crippen LogP contribution in [0.5, 0.6) is 0 Å². The molecule has 64 valence electrons. The number of hydrogen-bond acceptors (Lipinski definition) is 1. The molecule has 0 spiro atoms. The SMILES string of the molecule is Cc1cc(C(=O)Cl)c(Cl)cc1Cl. The first kappa shape index (κ1) is 9.85. The van der Waals surface area contributed by atoms with Gasteiger partial charge < -0.3 is 0 Å². The second-order valence-corrected chi connectivity index (χ2v) is 3.51. The average molecular weight is 223 g/mol. The maximum absolute atomic E-state index is 10.8. The molecule has 0 saturated carbocycles. The van der Waals surface area contributed by atoms with Crippen LogP contribution in [0.25, 0.3) is 0 Å². The summed E-state index contributed by atoms with van der Waals surface area (Å²) >= 11 is 16.7. The molecule has 1 nitrogen and oxygen atoms in total. The van der Waals surface area contributed by atoms with Gasteiger partial charge in [-0.2, -0.15) is 0 Å². The van der Waals surface area contributed by atoms with Crippen molar-refractivity contribution in [2.45, 2.75) is 6.92 Å². The van der Waals surface area contributed by atoms with Crippen molar-refractivity contribution in [3.8, 4) is 0 Å². The molecule has 0 saturated heterocycles. The van der Waals surface area contributed by atoms with Crippen LogP contribution < -0.4 is 0 Å². The molecule has 0 aliphatic rings. The molecule has 0 aliphatic heterocycles. The predicted octanol–water partition coefficient (Wildman–Crippen LogP) is 3.68. The smallest absolute Gasteiger partial charge is 0.253 e. The van der Waals surface area contributed by atoms with Crippen molar-refractivity contribution in [3.05, 3.63) is 33.3 Å². The van der Waals surface area contributed by atoms with E-state index < -0.39 is 5.24 Å². The first-order valence-corrected chi connectivity index (χ1v) is 4.31. The van der Waals surface area contributed by atoms with Gasteiger partial charge in [-0.15, -0.1) is 0 Å². The third kappa shape index (κ3) is 1.92. The molecular weight excluding hydrogens is 218 g/mol. The van der Waals surface area contributed by atoms with Gasteiger partial charge in [-0.05, 0) is 36.2 Å². The molecule has 12 heavy (non-hydrogen) atoms. The maximum atomic E-state index is 10.8. The second-order valence-electron chi connectivity index (χ2n) is 2.35. The van der Waals surface area contributed by atoms with Crippen LogP contribution in [0, 0.1) is 6.92 Å². The average Bonchev–Trinajstić information content (AvgIpc) is 1.96. The van der Waals surface area contributed by atoms with Crippen molar-refractivity contribution in [2.75, 3.05) is 0 Å². The van der Waals surface area contributed by atoms with E-state index in [-0.39, 0.29) is 5.02 Å². The van der Waals surface area contributed by atoms with E-state index in [1.165, 1.54) is 6.07 Å². The normalized spacial score (nSPS) is 10.0. The van der Waals surface area contributed by atoms with Crippen molar-refractivity contribution < 1.29 is 4.79 Å². The van der Waals surface area contributed by atoms with Gasteiger partial charge in [0.25, 0.3) is 5.24 Å². The molecule has 1 aromatic rings. The lowest BCUT2D eigenvalue weighted by Gasteiger charge is -2.02. The van der Waals surface area contributed by atoms with Crippen LogP contribution in [0.2, 0.25) is 10.0 Å². The Morgan fingerprint density at radius 1 is 1.25 bits per heavy atom. The number of carbonyl (C=O) groups excluding carboxylic acids is 1. The molecule has 0 aromatic heterocycles. The predicted molar refractivity (Wildman–Crippen MR) is 51.4 cm³/mol. The Kier molecular flexibility index (Phi) is 2.99. The van der Waals surface area contributed by atoms with E-state index in [2.05, 4.69) is 0 Å². The molecule has 0 bridgehead atoms. The first-order valence-electron chi connectivity index (χ1n) is 3.18. The Morgan fingerprint density at radius 2 is 1.83 bits per heavy atom. The van der Waals surface area contributed by atoms with Crippen molar-refractivity contribution in [1.29, 1.82) is 0 Å². The third-order valence-electron chi connectivity index (χ3n) is 1.46. The van der Waals surface area contributed by atoms with E-state index in [1.54, 1.807) is 13.0 Å². The zero-order valence-corrected chi connectivity index (χ0v) is 8.46. The van der Waals surface area contributed by atoms with E-state index in [9.17, 15) is 4.79 Å². The lowest BCUT2D eigenvalue weighted by Crippen LogP contribution is -1.91. The molecule has 0 heterocycles. The highest BCUT2D eigenvalue weighted by Gasteiger charge is 2.09. The van der Waals surface area contributed by atoms with E-state index in [0.29, 0.717) is 10.6 Å². The van der Waals surface area contributed by atoms with Gasteiger partial charge >= 0.3 is 0 Å². The lowest BCUT2D eigenvalue weighted by atomic mass is 10.1. The third-order valence-corrected chi connectivity index (χ3v) is 2.38. The summed E-state index contributed by atoms with van der Waals surface area (Å²) in [6.07, 6.45) is 0. The Hall–Kier alpha value is -0.240. The van der Waals surface area contributed by atoms with E-state index in [1.807, 2.05) is 0 Å². The molecule has 1 aromatic carbocycles. The number of rotatable bonds is 1. The molecule has 1 rings (SSSR count). The summed E-state index contributed by atoms with van der Waals surface area (Å²) in [5, 5.41) is 0.243. The summed E-state index contributed by atoms with van der Waals surface area (Å²) in [5.41, 5.74) is 1.07. The Bertz CT molecular complexity index is 333. The summed E-state index contributed by atoms with van der Waals surface area (Å²) in [5.74, 6) is 0. The summed E-state index contributed by atoms with van der Waals surface area (Å²) in [6, 6.07) is 3.08. The minimum atomic E-state index is -0.570. The molecule has 4 heteroatoms. The maximum Gasteiger partial charge on any atom is 0.253 e.